The SMILES string of the molecule is COc1ccc(NC(=O)[C@H](C)c2ccc(-c3ccccc3)c(F)c2)cc1OC. The van der Waals surface area contributed by atoms with E-state index >= 15 is 0 Å². The van der Waals surface area contributed by atoms with Crippen molar-refractivity contribution in [1.29, 1.82) is 0 Å². The zero-order chi connectivity index (χ0) is 20.1. The normalized spacial score (nSPS) is 11.6. The van der Waals surface area contributed by atoms with Gasteiger partial charge in [0.2, 0.25) is 5.91 Å². The van der Waals surface area contributed by atoms with Gasteiger partial charge in [-0.1, -0.05) is 42.5 Å². The summed E-state index contributed by atoms with van der Waals surface area (Å²) >= 11 is 0. The molecule has 1 N–H and O–H groups in total. The molecule has 1 amide bonds. The maximum atomic E-state index is 14.6. The molecule has 0 spiro atoms. The average molecular weight is 379 g/mol. The van der Waals surface area contributed by atoms with Crippen LogP contribution in [0.3, 0.4) is 0 Å². The predicted octanol–water partition coefficient (Wildman–Crippen LogP) is 5.25. The van der Waals surface area contributed by atoms with Gasteiger partial charge < -0.3 is 14.8 Å². The van der Waals surface area contributed by atoms with Crippen molar-refractivity contribution in [3.8, 4) is 22.6 Å². The number of carbonyl (C=O) groups is 1. The molecule has 0 heterocycles. The van der Waals surface area contributed by atoms with Crippen molar-refractivity contribution in [2.45, 2.75) is 12.8 Å². The Morgan fingerprint density at radius 1 is 0.929 bits per heavy atom. The largest absolute Gasteiger partial charge is 0.493 e. The lowest BCUT2D eigenvalue weighted by atomic mass is 9.96. The number of hydrogen-bond donors (Lipinski definition) is 1. The fraction of sp³-hybridized carbons (Fsp3) is 0.174. The quantitative estimate of drug-likeness (QED) is 0.636. The van der Waals surface area contributed by atoms with Gasteiger partial charge >= 0.3 is 0 Å². The molecule has 0 aliphatic rings. The van der Waals surface area contributed by atoms with Crippen molar-refractivity contribution in [3.63, 3.8) is 0 Å². The highest BCUT2D eigenvalue weighted by atomic mass is 19.1. The Labute approximate surface area is 163 Å². The highest BCUT2D eigenvalue weighted by molar-refractivity contribution is 5.96. The predicted molar refractivity (Wildman–Crippen MR) is 108 cm³/mol. The van der Waals surface area contributed by atoms with E-state index in [1.54, 1.807) is 44.4 Å². The molecule has 0 aromatic heterocycles. The first-order valence-corrected chi connectivity index (χ1v) is 8.91. The van der Waals surface area contributed by atoms with Gasteiger partial charge in [-0.25, -0.2) is 4.39 Å². The van der Waals surface area contributed by atoms with Crippen LogP contribution in [-0.2, 0) is 4.79 Å². The van der Waals surface area contributed by atoms with E-state index in [1.807, 2.05) is 30.3 Å². The Morgan fingerprint density at radius 3 is 2.29 bits per heavy atom. The van der Waals surface area contributed by atoms with Crippen LogP contribution >= 0.6 is 0 Å². The maximum absolute atomic E-state index is 14.6. The molecule has 0 fully saturated rings. The Kier molecular flexibility index (Phi) is 5.94. The zero-order valence-electron chi connectivity index (χ0n) is 16.0. The van der Waals surface area contributed by atoms with E-state index in [1.165, 1.54) is 13.2 Å². The first-order chi connectivity index (χ1) is 13.5. The summed E-state index contributed by atoms with van der Waals surface area (Å²) in [4.78, 5) is 12.6. The molecule has 0 saturated carbocycles. The molecule has 0 bridgehead atoms. The molecule has 28 heavy (non-hydrogen) atoms. The molecule has 4 nitrogen and oxygen atoms in total. The van der Waals surface area contributed by atoms with Gasteiger partial charge in [-0.2, -0.15) is 0 Å². The van der Waals surface area contributed by atoms with Crippen LogP contribution in [0.1, 0.15) is 18.4 Å². The Morgan fingerprint density at radius 2 is 1.64 bits per heavy atom. The van der Waals surface area contributed by atoms with Gasteiger partial charge in [-0.3, -0.25) is 4.79 Å². The number of methoxy groups -OCH3 is 2. The van der Waals surface area contributed by atoms with E-state index in [0.29, 0.717) is 28.3 Å². The summed E-state index contributed by atoms with van der Waals surface area (Å²) in [5, 5.41) is 2.84. The van der Waals surface area contributed by atoms with Gasteiger partial charge in [-0.15, -0.1) is 0 Å². The molecule has 0 unspecified atom stereocenters. The molecule has 0 saturated heterocycles. The fourth-order valence-electron chi connectivity index (χ4n) is 2.97. The molecule has 3 aromatic rings. The molecular weight excluding hydrogens is 357 g/mol. The monoisotopic (exact) mass is 379 g/mol. The summed E-state index contributed by atoms with van der Waals surface area (Å²) in [5.74, 6) is -0.0145. The fourth-order valence-corrected chi connectivity index (χ4v) is 2.97. The van der Waals surface area contributed by atoms with Gasteiger partial charge in [0.1, 0.15) is 5.82 Å². The van der Waals surface area contributed by atoms with Crippen molar-refractivity contribution in [2.24, 2.45) is 0 Å². The lowest BCUT2D eigenvalue weighted by Gasteiger charge is -2.15. The van der Waals surface area contributed by atoms with Gasteiger partial charge in [0.25, 0.3) is 0 Å². The standard InChI is InChI=1S/C23H22FNO3/c1-15(23(26)25-18-10-12-21(27-2)22(14-18)28-3)17-9-11-19(20(24)13-17)16-7-5-4-6-8-16/h4-15H,1-3H3,(H,25,26)/t15-/m1/s1. The summed E-state index contributed by atoms with van der Waals surface area (Å²) in [6.07, 6.45) is 0. The first-order valence-electron chi connectivity index (χ1n) is 8.91. The molecule has 5 heteroatoms. The van der Waals surface area contributed by atoms with Crippen LogP contribution in [0.2, 0.25) is 0 Å². The van der Waals surface area contributed by atoms with Crippen LogP contribution in [0, 0.1) is 5.82 Å². The smallest absolute Gasteiger partial charge is 0.231 e. The third kappa shape index (κ3) is 4.14. The molecule has 1 atom stereocenters. The van der Waals surface area contributed by atoms with Gasteiger partial charge in [-0.05, 0) is 36.2 Å². The number of ether oxygens (including phenoxy) is 2. The number of nitrogens with one attached hydrogen (secondary N) is 1. The second kappa shape index (κ2) is 8.57. The number of anilines is 1. The number of halogens is 1. The topological polar surface area (TPSA) is 47.6 Å². The number of hydrogen-bond acceptors (Lipinski definition) is 3. The van der Waals surface area contributed by atoms with Crippen molar-refractivity contribution in [3.05, 3.63) is 78.1 Å². The minimum atomic E-state index is -0.521. The van der Waals surface area contributed by atoms with Crippen molar-refractivity contribution in [2.75, 3.05) is 19.5 Å². The molecular formula is C23H22FNO3. The Hall–Kier alpha value is -3.34. The van der Waals surface area contributed by atoms with Gasteiger partial charge in [0.05, 0.1) is 20.1 Å². The van der Waals surface area contributed by atoms with Crippen molar-refractivity contribution < 1.29 is 18.7 Å². The summed E-state index contributed by atoms with van der Waals surface area (Å²) in [7, 11) is 3.08. The molecule has 144 valence electrons. The van der Waals surface area contributed by atoms with E-state index in [0.717, 1.165) is 5.56 Å². The molecule has 0 radical (unpaired) electrons. The molecule has 3 rings (SSSR count). The summed E-state index contributed by atoms with van der Waals surface area (Å²) < 4.78 is 25.0. The first kappa shape index (κ1) is 19.4. The average Bonchev–Trinajstić information content (AvgIpc) is 2.73. The third-order valence-corrected chi connectivity index (χ3v) is 4.62. The highest BCUT2D eigenvalue weighted by Crippen LogP contribution is 2.31. The van der Waals surface area contributed by atoms with E-state index in [9.17, 15) is 9.18 Å². The molecule has 3 aromatic carbocycles. The van der Waals surface area contributed by atoms with Crippen LogP contribution in [0.4, 0.5) is 10.1 Å². The third-order valence-electron chi connectivity index (χ3n) is 4.62. The minimum absolute atomic E-state index is 0.237. The zero-order valence-corrected chi connectivity index (χ0v) is 16.0. The Bertz CT molecular complexity index is 973. The van der Waals surface area contributed by atoms with Crippen molar-refractivity contribution in [1.82, 2.24) is 0 Å². The van der Waals surface area contributed by atoms with E-state index < -0.39 is 5.92 Å². The van der Waals surface area contributed by atoms with Crippen LogP contribution in [0.15, 0.2) is 66.7 Å². The highest BCUT2D eigenvalue weighted by Gasteiger charge is 2.18. The number of amides is 1. The van der Waals surface area contributed by atoms with Crippen LogP contribution in [-0.4, -0.2) is 20.1 Å². The molecule has 0 aliphatic carbocycles. The second-order valence-electron chi connectivity index (χ2n) is 6.39. The van der Waals surface area contributed by atoms with Crippen LogP contribution < -0.4 is 14.8 Å². The van der Waals surface area contributed by atoms with Gasteiger partial charge in [0.15, 0.2) is 11.5 Å². The number of rotatable bonds is 6. The van der Waals surface area contributed by atoms with E-state index in [4.69, 9.17) is 9.47 Å². The van der Waals surface area contributed by atoms with Crippen LogP contribution in [0.5, 0.6) is 11.5 Å². The van der Waals surface area contributed by atoms with Crippen molar-refractivity contribution >= 4 is 11.6 Å². The van der Waals surface area contributed by atoms with E-state index in [-0.39, 0.29) is 11.7 Å². The lowest BCUT2D eigenvalue weighted by Crippen LogP contribution is -2.19. The van der Waals surface area contributed by atoms with Crippen LogP contribution in [0.25, 0.3) is 11.1 Å². The minimum Gasteiger partial charge on any atom is -0.493 e. The summed E-state index contributed by atoms with van der Waals surface area (Å²) in [5.41, 5.74) is 2.50. The number of carbonyl (C=O) groups excluding carboxylic acids is 1. The Balaban J connectivity index is 1.77. The number of benzene rings is 3. The van der Waals surface area contributed by atoms with E-state index in [2.05, 4.69) is 5.32 Å². The molecule has 0 aliphatic heterocycles. The lowest BCUT2D eigenvalue weighted by molar-refractivity contribution is -0.117. The van der Waals surface area contributed by atoms with Gasteiger partial charge in [0, 0.05) is 17.3 Å². The maximum Gasteiger partial charge on any atom is 0.231 e. The second-order valence-corrected chi connectivity index (χ2v) is 6.39. The summed E-state index contributed by atoms with van der Waals surface area (Å²) in [6.45, 7) is 1.74. The summed E-state index contributed by atoms with van der Waals surface area (Å²) in [6, 6.07) is 19.4.